The maximum atomic E-state index is 11.4. The van der Waals surface area contributed by atoms with Crippen molar-refractivity contribution in [3.8, 4) is 0 Å². The lowest BCUT2D eigenvalue weighted by Crippen LogP contribution is -2.55. The first-order chi connectivity index (χ1) is 9.13. The number of carboxylic acids is 1. The number of rotatable bonds is 4. The minimum atomic E-state index is -0.735. The van der Waals surface area contributed by atoms with E-state index in [1.54, 1.807) is 7.05 Å². The Bertz CT molecular complexity index is 346. The second-order valence-electron chi connectivity index (χ2n) is 5.70. The molecule has 0 aromatic heterocycles. The standard InChI is InChI=1S/C14H24N2O3/c1-15-13(17)8-9-16-11-5-3-2-4-10(11)6-7-12(16)14(18)19/h10-12H,2-9H2,1H3,(H,15,17)(H,18,19). The molecule has 108 valence electrons. The van der Waals surface area contributed by atoms with Crippen LogP contribution in [0.2, 0.25) is 0 Å². The quantitative estimate of drug-likeness (QED) is 0.804. The molecule has 1 heterocycles. The molecule has 2 fully saturated rings. The van der Waals surface area contributed by atoms with Crippen molar-refractivity contribution < 1.29 is 14.7 Å². The molecule has 1 amide bonds. The number of fused-ring (bicyclic) bond motifs is 1. The number of carbonyl (C=O) groups excluding carboxylic acids is 1. The van der Waals surface area contributed by atoms with Gasteiger partial charge in [-0.25, -0.2) is 0 Å². The van der Waals surface area contributed by atoms with Crippen LogP contribution in [0, 0.1) is 5.92 Å². The van der Waals surface area contributed by atoms with Gasteiger partial charge in [0.2, 0.25) is 5.91 Å². The Labute approximate surface area is 114 Å². The van der Waals surface area contributed by atoms with Gasteiger partial charge < -0.3 is 10.4 Å². The first kappa shape index (κ1) is 14.3. The van der Waals surface area contributed by atoms with E-state index in [1.807, 2.05) is 0 Å². The summed E-state index contributed by atoms with van der Waals surface area (Å²) in [4.78, 5) is 24.9. The summed E-state index contributed by atoms with van der Waals surface area (Å²) in [6.07, 6.45) is 6.90. The lowest BCUT2D eigenvalue weighted by Gasteiger charge is -2.47. The van der Waals surface area contributed by atoms with Crippen molar-refractivity contribution in [2.24, 2.45) is 5.92 Å². The zero-order valence-corrected chi connectivity index (χ0v) is 11.6. The predicted octanol–water partition coefficient (Wildman–Crippen LogP) is 1.23. The van der Waals surface area contributed by atoms with Crippen LogP contribution in [0.4, 0.5) is 0 Å². The van der Waals surface area contributed by atoms with Gasteiger partial charge in [0.25, 0.3) is 0 Å². The van der Waals surface area contributed by atoms with E-state index >= 15 is 0 Å². The molecule has 0 bridgehead atoms. The Hall–Kier alpha value is -1.10. The summed E-state index contributed by atoms with van der Waals surface area (Å²) in [5.74, 6) is -0.114. The van der Waals surface area contributed by atoms with Crippen LogP contribution >= 0.6 is 0 Å². The van der Waals surface area contributed by atoms with Crippen molar-refractivity contribution in [2.45, 2.75) is 57.0 Å². The number of likely N-dealkylation sites (tertiary alicyclic amines) is 1. The molecule has 5 heteroatoms. The molecule has 0 spiro atoms. The second-order valence-corrected chi connectivity index (χ2v) is 5.70. The average Bonchev–Trinajstić information content (AvgIpc) is 2.43. The lowest BCUT2D eigenvalue weighted by molar-refractivity contribution is -0.148. The summed E-state index contributed by atoms with van der Waals surface area (Å²) in [6.45, 7) is 0.567. The van der Waals surface area contributed by atoms with Crippen LogP contribution in [0.25, 0.3) is 0 Å². The summed E-state index contributed by atoms with van der Waals surface area (Å²) >= 11 is 0. The molecule has 1 aliphatic carbocycles. The molecule has 0 radical (unpaired) electrons. The molecule has 0 aromatic rings. The van der Waals surface area contributed by atoms with Crippen molar-refractivity contribution in [3.63, 3.8) is 0 Å². The van der Waals surface area contributed by atoms with E-state index in [-0.39, 0.29) is 5.91 Å². The van der Waals surface area contributed by atoms with Crippen molar-refractivity contribution in [1.29, 1.82) is 0 Å². The van der Waals surface area contributed by atoms with E-state index in [0.29, 0.717) is 24.9 Å². The number of carbonyl (C=O) groups is 2. The monoisotopic (exact) mass is 268 g/mol. The zero-order chi connectivity index (χ0) is 13.8. The van der Waals surface area contributed by atoms with E-state index in [1.165, 1.54) is 19.3 Å². The Morgan fingerprint density at radius 1 is 1.21 bits per heavy atom. The summed E-state index contributed by atoms with van der Waals surface area (Å²) in [5, 5.41) is 12.0. The average molecular weight is 268 g/mol. The van der Waals surface area contributed by atoms with Crippen molar-refractivity contribution in [3.05, 3.63) is 0 Å². The van der Waals surface area contributed by atoms with Gasteiger partial charge in [-0.15, -0.1) is 0 Å². The highest BCUT2D eigenvalue weighted by Gasteiger charge is 2.41. The molecule has 0 aromatic carbocycles. The normalized spacial score (nSPS) is 31.5. The van der Waals surface area contributed by atoms with Crippen molar-refractivity contribution in [2.75, 3.05) is 13.6 Å². The lowest BCUT2D eigenvalue weighted by atomic mass is 9.76. The number of aliphatic carboxylic acids is 1. The molecule has 19 heavy (non-hydrogen) atoms. The van der Waals surface area contributed by atoms with Crippen LogP contribution in [0.5, 0.6) is 0 Å². The molecule has 1 aliphatic heterocycles. The van der Waals surface area contributed by atoms with Gasteiger partial charge in [-0.1, -0.05) is 12.8 Å². The number of piperidine rings is 1. The van der Waals surface area contributed by atoms with E-state index in [4.69, 9.17) is 0 Å². The third kappa shape index (κ3) is 3.26. The highest BCUT2D eigenvalue weighted by Crippen LogP contribution is 2.37. The summed E-state index contributed by atoms with van der Waals surface area (Å²) in [5.41, 5.74) is 0. The number of hydrogen-bond donors (Lipinski definition) is 2. The molecule has 1 saturated carbocycles. The molecule has 2 aliphatic rings. The third-order valence-electron chi connectivity index (χ3n) is 4.67. The summed E-state index contributed by atoms with van der Waals surface area (Å²) in [7, 11) is 1.62. The Balaban J connectivity index is 2.05. The van der Waals surface area contributed by atoms with Gasteiger partial charge in [0.05, 0.1) is 0 Å². The predicted molar refractivity (Wildman–Crippen MR) is 71.8 cm³/mol. The smallest absolute Gasteiger partial charge is 0.320 e. The van der Waals surface area contributed by atoms with Crippen LogP contribution < -0.4 is 5.32 Å². The fraction of sp³-hybridized carbons (Fsp3) is 0.857. The van der Waals surface area contributed by atoms with Crippen LogP contribution in [0.1, 0.15) is 44.9 Å². The van der Waals surface area contributed by atoms with Gasteiger partial charge in [-0.05, 0) is 31.6 Å². The molecule has 3 unspecified atom stereocenters. The van der Waals surface area contributed by atoms with Crippen molar-refractivity contribution in [1.82, 2.24) is 10.2 Å². The SMILES string of the molecule is CNC(=O)CCN1C(C(=O)O)CCC2CCCCC21. The number of nitrogens with one attached hydrogen (secondary N) is 1. The fourth-order valence-electron chi connectivity index (χ4n) is 3.67. The van der Waals surface area contributed by atoms with Gasteiger partial charge in [-0.2, -0.15) is 0 Å². The molecule has 3 atom stereocenters. The Kier molecular flexibility index (Phi) is 4.80. The summed E-state index contributed by atoms with van der Waals surface area (Å²) < 4.78 is 0. The van der Waals surface area contributed by atoms with Crippen LogP contribution in [-0.4, -0.2) is 47.6 Å². The largest absolute Gasteiger partial charge is 0.480 e. The number of nitrogens with zero attached hydrogens (tertiary/aromatic N) is 1. The van der Waals surface area contributed by atoms with Crippen LogP contribution in [0.3, 0.4) is 0 Å². The van der Waals surface area contributed by atoms with Gasteiger partial charge >= 0.3 is 5.97 Å². The fourth-order valence-corrected chi connectivity index (χ4v) is 3.67. The van der Waals surface area contributed by atoms with E-state index < -0.39 is 12.0 Å². The molecule has 2 rings (SSSR count). The minimum Gasteiger partial charge on any atom is -0.480 e. The maximum Gasteiger partial charge on any atom is 0.320 e. The molecule has 1 saturated heterocycles. The van der Waals surface area contributed by atoms with Crippen molar-refractivity contribution >= 4 is 11.9 Å². The highest BCUT2D eigenvalue weighted by molar-refractivity contribution is 5.76. The number of hydrogen-bond acceptors (Lipinski definition) is 3. The molecular weight excluding hydrogens is 244 g/mol. The summed E-state index contributed by atoms with van der Waals surface area (Å²) in [6, 6.07) is -0.0303. The maximum absolute atomic E-state index is 11.4. The van der Waals surface area contributed by atoms with Gasteiger partial charge in [0.15, 0.2) is 0 Å². The first-order valence-electron chi connectivity index (χ1n) is 7.32. The topological polar surface area (TPSA) is 69.6 Å². The first-order valence-corrected chi connectivity index (χ1v) is 7.32. The second kappa shape index (κ2) is 6.37. The van der Waals surface area contributed by atoms with Crippen LogP contribution in [-0.2, 0) is 9.59 Å². The third-order valence-corrected chi connectivity index (χ3v) is 4.67. The Morgan fingerprint density at radius 2 is 1.95 bits per heavy atom. The van der Waals surface area contributed by atoms with E-state index in [0.717, 1.165) is 19.3 Å². The minimum absolute atomic E-state index is 0.0120. The zero-order valence-electron chi connectivity index (χ0n) is 11.6. The molecule has 5 nitrogen and oxygen atoms in total. The van der Waals surface area contributed by atoms with Gasteiger partial charge in [-0.3, -0.25) is 14.5 Å². The van der Waals surface area contributed by atoms with Gasteiger partial charge in [0, 0.05) is 26.1 Å². The van der Waals surface area contributed by atoms with Gasteiger partial charge in [0.1, 0.15) is 6.04 Å². The highest BCUT2D eigenvalue weighted by atomic mass is 16.4. The molecular formula is C14H24N2O3. The number of carboxylic acid groups (broad SMARTS) is 1. The number of amides is 1. The Morgan fingerprint density at radius 3 is 2.63 bits per heavy atom. The van der Waals surface area contributed by atoms with Crippen LogP contribution in [0.15, 0.2) is 0 Å². The van der Waals surface area contributed by atoms with E-state index in [2.05, 4.69) is 10.2 Å². The molecule has 2 N–H and O–H groups in total. The van der Waals surface area contributed by atoms with E-state index in [9.17, 15) is 14.7 Å².